The van der Waals surface area contributed by atoms with E-state index < -0.39 is 0 Å². The Morgan fingerprint density at radius 2 is 2.05 bits per heavy atom. The third-order valence-electron chi connectivity index (χ3n) is 3.63. The van der Waals surface area contributed by atoms with E-state index in [1.165, 1.54) is 11.1 Å². The van der Waals surface area contributed by atoms with E-state index in [4.69, 9.17) is 4.74 Å². The number of hydrogen-bond donors (Lipinski definition) is 1. The fourth-order valence-corrected chi connectivity index (χ4v) is 3.02. The van der Waals surface area contributed by atoms with Gasteiger partial charge in [0.1, 0.15) is 5.75 Å². The summed E-state index contributed by atoms with van der Waals surface area (Å²) < 4.78 is 6.43. The highest BCUT2D eigenvalue weighted by atomic mass is 79.9. The lowest BCUT2D eigenvalue weighted by molar-refractivity contribution is 0.414. The lowest BCUT2D eigenvalue weighted by Crippen LogP contribution is -2.07. The van der Waals surface area contributed by atoms with Gasteiger partial charge in [-0.15, -0.1) is 0 Å². The van der Waals surface area contributed by atoms with Crippen molar-refractivity contribution < 1.29 is 4.74 Å². The van der Waals surface area contributed by atoms with Crippen molar-refractivity contribution in [3.8, 4) is 5.75 Å². The molecular weight excluding hydrogens is 302 g/mol. The van der Waals surface area contributed by atoms with Crippen LogP contribution >= 0.6 is 15.9 Å². The average Bonchev–Trinajstić information content (AvgIpc) is 2.84. The zero-order valence-electron chi connectivity index (χ0n) is 10.8. The van der Waals surface area contributed by atoms with E-state index in [1.807, 2.05) is 12.1 Å². The summed E-state index contributed by atoms with van der Waals surface area (Å²) in [7, 11) is 1.72. The second-order valence-electron chi connectivity index (χ2n) is 4.78. The van der Waals surface area contributed by atoms with Crippen LogP contribution < -0.4 is 10.1 Å². The molecular formula is C16H16BrNO. The maximum atomic E-state index is 5.32. The molecule has 0 fully saturated rings. The van der Waals surface area contributed by atoms with Crippen LogP contribution in [0.3, 0.4) is 0 Å². The highest BCUT2D eigenvalue weighted by Crippen LogP contribution is 2.37. The first-order valence-corrected chi connectivity index (χ1v) is 7.25. The minimum atomic E-state index is 0.365. The molecule has 0 aliphatic heterocycles. The maximum Gasteiger partial charge on any atom is 0.119 e. The molecule has 0 amide bonds. The lowest BCUT2D eigenvalue weighted by Gasteiger charge is -2.17. The van der Waals surface area contributed by atoms with E-state index in [-0.39, 0.29) is 0 Å². The minimum absolute atomic E-state index is 0.365. The lowest BCUT2D eigenvalue weighted by atomic mass is 10.1. The van der Waals surface area contributed by atoms with Crippen LogP contribution in [0.5, 0.6) is 5.75 Å². The number of para-hydroxylation sites is 1. The first-order chi connectivity index (χ1) is 9.28. The molecule has 0 spiro atoms. The first-order valence-electron chi connectivity index (χ1n) is 6.46. The Morgan fingerprint density at radius 1 is 1.21 bits per heavy atom. The van der Waals surface area contributed by atoms with Gasteiger partial charge >= 0.3 is 0 Å². The summed E-state index contributed by atoms with van der Waals surface area (Å²) in [4.78, 5) is 0. The van der Waals surface area contributed by atoms with Gasteiger partial charge in [0.2, 0.25) is 0 Å². The molecule has 1 atom stereocenters. The molecule has 0 heterocycles. The van der Waals surface area contributed by atoms with Crippen LogP contribution in [0.2, 0.25) is 0 Å². The topological polar surface area (TPSA) is 21.3 Å². The van der Waals surface area contributed by atoms with Crippen LogP contribution in [0, 0.1) is 0 Å². The third kappa shape index (κ3) is 2.47. The summed E-state index contributed by atoms with van der Waals surface area (Å²) >= 11 is 3.58. The van der Waals surface area contributed by atoms with Crippen LogP contribution in [-0.2, 0) is 6.42 Å². The summed E-state index contributed by atoms with van der Waals surface area (Å²) in [5.74, 6) is 0.930. The van der Waals surface area contributed by atoms with Gasteiger partial charge in [-0.1, -0.05) is 18.2 Å². The number of benzene rings is 2. The summed E-state index contributed by atoms with van der Waals surface area (Å²) in [5.41, 5.74) is 3.92. The number of rotatable bonds is 3. The number of aryl methyl sites for hydroxylation is 1. The predicted octanol–water partition coefficient (Wildman–Crippen LogP) is 4.56. The Labute approximate surface area is 121 Å². The van der Waals surface area contributed by atoms with Gasteiger partial charge in [-0.3, -0.25) is 0 Å². The molecule has 1 aliphatic carbocycles. The van der Waals surface area contributed by atoms with Gasteiger partial charge in [0.15, 0.2) is 0 Å². The highest BCUT2D eigenvalue weighted by molar-refractivity contribution is 9.10. The molecule has 0 bridgehead atoms. The van der Waals surface area contributed by atoms with E-state index in [0.29, 0.717) is 6.04 Å². The number of methoxy groups -OCH3 is 1. The largest absolute Gasteiger partial charge is 0.497 e. The van der Waals surface area contributed by atoms with Gasteiger partial charge in [-0.2, -0.15) is 0 Å². The van der Waals surface area contributed by atoms with Crippen molar-refractivity contribution in [2.75, 3.05) is 12.4 Å². The average molecular weight is 318 g/mol. The van der Waals surface area contributed by atoms with Crippen molar-refractivity contribution in [3.63, 3.8) is 0 Å². The molecule has 2 aromatic carbocycles. The van der Waals surface area contributed by atoms with Crippen molar-refractivity contribution in [1.82, 2.24) is 0 Å². The van der Waals surface area contributed by atoms with Gasteiger partial charge in [-0.05, 0) is 64.2 Å². The molecule has 3 rings (SSSR count). The number of nitrogens with one attached hydrogen (secondary N) is 1. The van der Waals surface area contributed by atoms with Crippen LogP contribution in [0.4, 0.5) is 5.69 Å². The molecule has 0 radical (unpaired) electrons. The summed E-state index contributed by atoms with van der Waals surface area (Å²) in [5, 5.41) is 3.61. The first kappa shape index (κ1) is 12.5. The highest BCUT2D eigenvalue weighted by Gasteiger charge is 2.23. The van der Waals surface area contributed by atoms with Crippen LogP contribution in [-0.4, -0.2) is 7.11 Å². The minimum Gasteiger partial charge on any atom is -0.497 e. The zero-order chi connectivity index (χ0) is 13.2. The third-order valence-corrected chi connectivity index (χ3v) is 4.33. The Morgan fingerprint density at radius 3 is 2.84 bits per heavy atom. The number of fused-ring (bicyclic) bond motifs is 1. The second-order valence-corrected chi connectivity index (χ2v) is 5.63. The molecule has 1 N–H and O–H groups in total. The van der Waals surface area contributed by atoms with Crippen molar-refractivity contribution >= 4 is 21.6 Å². The van der Waals surface area contributed by atoms with Crippen molar-refractivity contribution in [1.29, 1.82) is 0 Å². The van der Waals surface area contributed by atoms with Crippen LogP contribution in [0.15, 0.2) is 46.9 Å². The summed E-state index contributed by atoms with van der Waals surface area (Å²) in [6, 6.07) is 15.0. The molecule has 1 unspecified atom stereocenters. The molecule has 0 saturated heterocycles. The smallest absolute Gasteiger partial charge is 0.119 e. The van der Waals surface area contributed by atoms with Gasteiger partial charge < -0.3 is 10.1 Å². The van der Waals surface area contributed by atoms with Crippen LogP contribution in [0.25, 0.3) is 0 Å². The standard InChI is InChI=1S/C16H16BrNO/c1-19-12-8-6-11-7-9-15(13(11)10-12)18-16-5-3-2-4-14(16)17/h2-6,8,10,15,18H,7,9H2,1H3. The molecule has 2 aromatic rings. The van der Waals surface area contributed by atoms with E-state index in [9.17, 15) is 0 Å². The zero-order valence-corrected chi connectivity index (χ0v) is 12.4. The Hall–Kier alpha value is -1.48. The van der Waals surface area contributed by atoms with Gasteiger partial charge in [-0.25, -0.2) is 0 Å². The fourth-order valence-electron chi connectivity index (χ4n) is 2.62. The van der Waals surface area contributed by atoms with Gasteiger partial charge in [0.05, 0.1) is 13.2 Å². The SMILES string of the molecule is COc1ccc2c(c1)C(Nc1ccccc1Br)CC2. The van der Waals surface area contributed by atoms with Crippen molar-refractivity contribution in [3.05, 3.63) is 58.1 Å². The van der Waals surface area contributed by atoms with E-state index in [0.717, 1.165) is 28.8 Å². The molecule has 19 heavy (non-hydrogen) atoms. The van der Waals surface area contributed by atoms with E-state index in [2.05, 4.69) is 51.6 Å². The summed E-state index contributed by atoms with van der Waals surface area (Å²) in [6.45, 7) is 0. The molecule has 0 saturated carbocycles. The van der Waals surface area contributed by atoms with Gasteiger partial charge in [0, 0.05) is 10.2 Å². The molecule has 98 valence electrons. The number of anilines is 1. The maximum absolute atomic E-state index is 5.32. The van der Waals surface area contributed by atoms with Crippen LogP contribution in [0.1, 0.15) is 23.6 Å². The van der Waals surface area contributed by atoms with E-state index in [1.54, 1.807) is 7.11 Å². The number of halogens is 1. The molecule has 1 aliphatic rings. The predicted molar refractivity (Wildman–Crippen MR) is 81.8 cm³/mol. The number of ether oxygens (including phenoxy) is 1. The quantitative estimate of drug-likeness (QED) is 0.896. The monoisotopic (exact) mass is 317 g/mol. The molecule has 0 aromatic heterocycles. The Bertz CT molecular complexity index is 597. The fraction of sp³-hybridized carbons (Fsp3) is 0.250. The Kier molecular flexibility index (Phi) is 3.47. The van der Waals surface area contributed by atoms with Crippen molar-refractivity contribution in [2.24, 2.45) is 0 Å². The second kappa shape index (κ2) is 5.25. The van der Waals surface area contributed by atoms with E-state index >= 15 is 0 Å². The Balaban J connectivity index is 1.88. The molecule has 3 heteroatoms. The molecule has 2 nitrogen and oxygen atoms in total. The summed E-state index contributed by atoms with van der Waals surface area (Å²) in [6.07, 6.45) is 2.26. The van der Waals surface area contributed by atoms with Crippen molar-refractivity contribution in [2.45, 2.75) is 18.9 Å². The number of hydrogen-bond acceptors (Lipinski definition) is 2. The normalized spacial score (nSPS) is 17.1. The van der Waals surface area contributed by atoms with Gasteiger partial charge in [0.25, 0.3) is 0 Å².